The highest BCUT2D eigenvalue weighted by Crippen LogP contribution is 2.18. The van der Waals surface area contributed by atoms with Crippen LogP contribution in [0.4, 0.5) is 17.2 Å². The van der Waals surface area contributed by atoms with Crippen LogP contribution >= 0.6 is 0 Å². The lowest BCUT2D eigenvalue weighted by Gasteiger charge is -2.04. The van der Waals surface area contributed by atoms with Crippen molar-refractivity contribution in [1.29, 1.82) is 10.8 Å². The molecular weight excluding hydrogens is 448 g/mol. The number of amides is 1. The molecule has 2 rings (SSSR count). The third-order valence-corrected chi connectivity index (χ3v) is 4.28. The van der Waals surface area contributed by atoms with Gasteiger partial charge in [-0.3, -0.25) is 9.59 Å². The Bertz CT molecular complexity index is 1140. The van der Waals surface area contributed by atoms with Gasteiger partial charge >= 0.3 is 5.97 Å². The van der Waals surface area contributed by atoms with Crippen LogP contribution in [0.1, 0.15) is 44.4 Å². The largest absolute Gasteiger partial charge is 0.481 e. The molecule has 0 saturated carbocycles. The first-order chi connectivity index (χ1) is 16.7. The van der Waals surface area contributed by atoms with Crippen LogP contribution in [-0.2, 0) is 9.59 Å². The molecular formula is C24H30N8O3. The van der Waals surface area contributed by atoms with Crippen LogP contribution in [0.3, 0.4) is 0 Å². The summed E-state index contributed by atoms with van der Waals surface area (Å²) < 4.78 is 0. The standard InChI is InChI=1S/C19H20N8O.C5H10O2/c1-2-12(9-20)18(28)27-17-5-3-4-15(25-17)11-24-19(23)26-14-6-7-16(22)13(8-14)10-21;1-2-3-4-5(6)7/h2-11,20-21H,22H2,1H3,(H2,23,26)(H,25,27,28);2-4H2,1H3,(H,6,7)/b12-2+,20-9?,21-10?,24-11+;. The molecule has 0 fully saturated rings. The monoisotopic (exact) mass is 478 g/mol. The number of carbonyl (C=O) groups is 2. The average molecular weight is 479 g/mol. The number of carboxylic acids is 1. The maximum atomic E-state index is 12.0. The first-order valence-corrected chi connectivity index (χ1v) is 10.7. The molecule has 11 nitrogen and oxygen atoms in total. The highest BCUT2D eigenvalue weighted by molar-refractivity contribution is 6.16. The smallest absolute Gasteiger partial charge is 0.303 e. The molecule has 1 heterocycles. The van der Waals surface area contributed by atoms with E-state index in [1.165, 1.54) is 12.3 Å². The molecule has 1 aromatic heterocycles. The molecule has 35 heavy (non-hydrogen) atoms. The van der Waals surface area contributed by atoms with E-state index in [1.807, 2.05) is 6.92 Å². The number of aliphatic carboxylic acids is 1. The highest BCUT2D eigenvalue weighted by Gasteiger charge is 2.07. The number of hydrogen-bond donors (Lipinski definition) is 6. The van der Waals surface area contributed by atoms with Gasteiger partial charge in [-0.15, -0.1) is 0 Å². The number of pyridine rings is 1. The molecule has 0 aliphatic rings. The molecule has 2 aromatic rings. The van der Waals surface area contributed by atoms with Crippen molar-refractivity contribution in [2.75, 3.05) is 11.1 Å². The minimum atomic E-state index is -0.693. The zero-order valence-corrected chi connectivity index (χ0v) is 19.7. The Morgan fingerprint density at radius 3 is 2.54 bits per heavy atom. The topological polar surface area (TPSA) is 204 Å². The minimum Gasteiger partial charge on any atom is -0.481 e. The molecule has 0 unspecified atom stereocenters. The van der Waals surface area contributed by atoms with Crippen LogP contribution in [-0.4, -0.2) is 46.6 Å². The molecule has 11 heteroatoms. The number of nitrogens with zero attached hydrogens (tertiary/aromatic N) is 3. The second kappa shape index (κ2) is 15.2. The number of carboxylic acid groups (broad SMARTS) is 1. The van der Waals surface area contributed by atoms with Crippen LogP contribution in [0.5, 0.6) is 0 Å². The van der Waals surface area contributed by atoms with Crippen LogP contribution in [0, 0.1) is 10.8 Å². The normalized spacial score (nSPS) is 11.4. The second-order valence-corrected chi connectivity index (χ2v) is 6.97. The quantitative estimate of drug-likeness (QED) is 0.137. The van der Waals surface area contributed by atoms with Crippen LogP contribution in [0.25, 0.3) is 0 Å². The van der Waals surface area contributed by atoms with Crippen molar-refractivity contribution in [2.24, 2.45) is 15.7 Å². The van der Waals surface area contributed by atoms with Gasteiger partial charge in [-0.2, -0.15) is 0 Å². The summed E-state index contributed by atoms with van der Waals surface area (Å²) >= 11 is 0. The number of allylic oxidation sites excluding steroid dienone is 1. The molecule has 0 saturated heterocycles. The lowest BCUT2D eigenvalue weighted by Crippen LogP contribution is -2.16. The molecule has 0 aliphatic heterocycles. The van der Waals surface area contributed by atoms with Gasteiger partial charge in [0, 0.05) is 30.1 Å². The Balaban J connectivity index is 0.000000762. The maximum absolute atomic E-state index is 12.0. The van der Waals surface area contributed by atoms with Gasteiger partial charge < -0.3 is 32.7 Å². The van der Waals surface area contributed by atoms with E-state index in [1.54, 1.807) is 43.3 Å². The van der Waals surface area contributed by atoms with E-state index in [0.717, 1.165) is 25.3 Å². The van der Waals surface area contributed by atoms with Gasteiger partial charge in [0.2, 0.25) is 5.96 Å². The molecule has 1 aromatic carbocycles. The molecule has 8 N–H and O–H groups in total. The fourth-order valence-corrected chi connectivity index (χ4v) is 2.44. The fourth-order valence-electron chi connectivity index (χ4n) is 2.44. The Morgan fingerprint density at radius 1 is 1.23 bits per heavy atom. The van der Waals surface area contributed by atoms with Crippen molar-refractivity contribution in [3.05, 3.63) is 59.3 Å². The van der Waals surface area contributed by atoms with Gasteiger partial charge in [-0.25, -0.2) is 15.0 Å². The van der Waals surface area contributed by atoms with Crippen LogP contribution in [0.15, 0.2) is 58.0 Å². The van der Waals surface area contributed by atoms with Gasteiger partial charge in [0.1, 0.15) is 5.82 Å². The predicted octanol–water partition coefficient (Wildman–Crippen LogP) is 3.52. The average Bonchev–Trinajstić information content (AvgIpc) is 2.84. The van der Waals surface area contributed by atoms with Crippen molar-refractivity contribution in [2.45, 2.75) is 33.1 Å². The summed E-state index contributed by atoms with van der Waals surface area (Å²) in [6, 6.07) is 9.94. The number of aliphatic imine (C=N–C) groups is 2. The first kappa shape index (κ1) is 28.4. The van der Waals surface area contributed by atoms with Crippen LogP contribution in [0.2, 0.25) is 0 Å². The Morgan fingerprint density at radius 2 is 1.97 bits per heavy atom. The highest BCUT2D eigenvalue weighted by atomic mass is 16.4. The third kappa shape index (κ3) is 10.7. The second-order valence-electron chi connectivity index (χ2n) is 6.97. The van der Waals surface area contributed by atoms with Gasteiger partial charge in [0.15, 0.2) is 0 Å². The van der Waals surface area contributed by atoms with Crippen molar-refractivity contribution in [1.82, 2.24) is 4.98 Å². The summed E-state index contributed by atoms with van der Waals surface area (Å²) in [6.07, 6.45) is 7.13. The fraction of sp³-hybridized carbons (Fsp3) is 0.208. The van der Waals surface area contributed by atoms with Gasteiger partial charge in [-0.1, -0.05) is 25.5 Å². The van der Waals surface area contributed by atoms with E-state index in [0.29, 0.717) is 34.9 Å². The van der Waals surface area contributed by atoms with Crippen molar-refractivity contribution < 1.29 is 14.7 Å². The summed E-state index contributed by atoms with van der Waals surface area (Å²) in [6.45, 7) is 3.65. The van der Waals surface area contributed by atoms with Crippen LogP contribution < -0.4 is 16.8 Å². The minimum absolute atomic E-state index is 0.00282. The van der Waals surface area contributed by atoms with Gasteiger partial charge in [0.25, 0.3) is 5.91 Å². The summed E-state index contributed by atoms with van der Waals surface area (Å²) in [4.78, 5) is 34.2. The van der Waals surface area contributed by atoms with E-state index in [2.05, 4.69) is 20.3 Å². The van der Waals surface area contributed by atoms with E-state index in [9.17, 15) is 9.59 Å². The van der Waals surface area contributed by atoms with E-state index in [-0.39, 0.29) is 11.5 Å². The predicted molar refractivity (Wildman–Crippen MR) is 140 cm³/mol. The van der Waals surface area contributed by atoms with Crippen molar-refractivity contribution >= 4 is 53.7 Å². The summed E-state index contributed by atoms with van der Waals surface area (Å²) in [7, 11) is 0. The lowest BCUT2D eigenvalue weighted by atomic mass is 10.2. The zero-order chi connectivity index (χ0) is 26.2. The number of unbranched alkanes of at least 4 members (excludes halogenated alkanes) is 1. The Kier molecular flexibility index (Phi) is 12.3. The molecule has 0 aliphatic carbocycles. The molecule has 0 atom stereocenters. The molecule has 0 bridgehead atoms. The first-order valence-electron chi connectivity index (χ1n) is 10.7. The number of nitrogens with two attached hydrogens (primary N) is 2. The summed E-state index contributed by atoms with van der Waals surface area (Å²) in [5.41, 5.74) is 13.8. The van der Waals surface area contributed by atoms with E-state index in [4.69, 9.17) is 27.4 Å². The SMILES string of the molecule is C/C=C(\C=N)C(=O)Nc1cccc(/C=N/C(N)=Nc2ccc(N)c(C=N)c2)n1.CCCCC(=O)O. The number of anilines is 2. The Labute approximate surface area is 203 Å². The molecule has 1 amide bonds. The number of nitrogen functional groups attached to an aromatic ring is 1. The number of benzene rings is 1. The Hall–Kier alpha value is -4.67. The number of carbonyl (C=O) groups excluding carboxylic acids is 1. The van der Waals surface area contributed by atoms with Crippen molar-refractivity contribution in [3.63, 3.8) is 0 Å². The van der Waals surface area contributed by atoms with Gasteiger partial charge in [0.05, 0.1) is 23.2 Å². The number of nitrogens with one attached hydrogen (secondary N) is 3. The number of aromatic nitrogens is 1. The number of guanidine groups is 1. The third-order valence-electron chi connectivity index (χ3n) is 4.28. The summed E-state index contributed by atoms with van der Waals surface area (Å²) in [5, 5.41) is 25.2. The zero-order valence-electron chi connectivity index (χ0n) is 19.7. The summed E-state index contributed by atoms with van der Waals surface area (Å²) in [5.74, 6) is -0.802. The molecule has 0 spiro atoms. The number of rotatable bonds is 9. The molecule has 184 valence electrons. The maximum Gasteiger partial charge on any atom is 0.303 e. The van der Waals surface area contributed by atoms with E-state index >= 15 is 0 Å². The lowest BCUT2D eigenvalue weighted by molar-refractivity contribution is -0.137. The van der Waals surface area contributed by atoms with Gasteiger partial charge in [-0.05, 0) is 43.7 Å². The number of hydrogen-bond acceptors (Lipinski definition) is 7. The van der Waals surface area contributed by atoms with Crippen molar-refractivity contribution in [3.8, 4) is 0 Å². The molecule has 0 radical (unpaired) electrons. The van der Waals surface area contributed by atoms with E-state index < -0.39 is 11.9 Å².